The number of hydrogen-bond acceptors (Lipinski definition) is 5. The maximum atomic E-state index is 12.8. The van der Waals surface area contributed by atoms with E-state index in [-0.39, 0.29) is 24.3 Å². The topological polar surface area (TPSA) is 151 Å². The first-order valence-electron chi connectivity index (χ1n) is 9.82. The van der Waals surface area contributed by atoms with Gasteiger partial charge in [0.25, 0.3) is 0 Å². The summed E-state index contributed by atoms with van der Waals surface area (Å²) >= 11 is 0. The zero-order valence-electron chi connectivity index (χ0n) is 17.7. The van der Waals surface area contributed by atoms with Crippen LogP contribution < -0.4 is 21.7 Å². The Morgan fingerprint density at radius 2 is 1.21 bits per heavy atom. The molecule has 3 amide bonds. The maximum absolute atomic E-state index is 12.8. The van der Waals surface area contributed by atoms with Gasteiger partial charge in [-0.15, -0.1) is 0 Å². The molecule has 0 aliphatic rings. The SMILES string of the molecule is CCC(C)C(NC(=O)C(NC(=O)C(NC(=O)CN)C(C)C)C(C)CC)C(=O)O. The molecule has 5 unspecified atom stereocenters. The van der Waals surface area contributed by atoms with Crippen LogP contribution in [0, 0.1) is 17.8 Å². The van der Waals surface area contributed by atoms with Gasteiger partial charge in [0.15, 0.2) is 0 Å². The fourth-order valence-corrected chi connectivity index (χ4v) is 2.64. The van der Waals surface area contributed by atoms with E-state index in [1.54, 1.807) is 27.7 Å². The number of nitrogens with two attached hydrogens (primary N) is 1. The second-order valence-electron chi connectivity index (χ2n) is 7.58. The van der Waals surface area contributed by atoms with Gasteiger partial charge in [0.2, 0.25) is 17.7 Å². The molecular weight excluding hydrogens is 364 g/mol. The second kappa shape index (κ2) is 12.3. The van der Waals surface area contributed by atoms with Gasteiger partial charge in [0.1, 0.15) is 18.1 Å². The van der Waals surface area contributed by atoms with Crippen molar-refractivity contribution in [1.82, 2.24) is 16.0 Å². The van der Waals surface area contributed by atoms with Crippen LogP contribution in [0.5, 0.6) is 0 Å². The quantitative estimate of drug-likeness (QED) is 0.316. The third-order valence-corrected chi connectivity index (χ3v) is 5.02. The first-order valence-corrected chi connectivity index (χ1v) is 9.82. The lowest BCUT2D eigenvalue weighted by Gasteiger charge is -2.29. The minimum Gasteiger partial charge on any atom is -0.480 e. The Hall–Kier alpha value is -2.16. The number of rotatable bonds is 12. The van der Waals surface area contributed by atoms with Crippen LogP contribution in [-0.4, -0.2) is 53.5 Å². The van der Waals surface area contributed by atoms with Crippen LogP contribution in [0.2, 0.25) is 0 Å². The minimum absolute atomic E-state index is 0.219. The van der Waals surface area contributed by atoms with E-state index in [0.717, 1.165) is 0 Å². The fourth-order valence-electron chi connectivity index (χ4n) is 2.64. The van der Waals surface area contributed by atoms with Crippen LogP contribution in [0.1, 0.15) is 54.4 Å². The molecular formula is C19H36N4O5. The van der Waals surface area contributed by atoms with Crippen LogP contribution in [0.4, 0.5) is 0 Å². The molecule has 0 rings (SSSR count). The van der Waals surface area contributed by atoms with E-state index >= 15 is 0 Å². The Bertz CT molecular complexity index is 552. The van der Waals surface area contributed by atoms with Gasteiger partial charge in [-0.2, -0.15) is 0 Å². The zero-order chi connectivity index (χ0) is 22.0. The first-order chi connectivity index (χ1) is 13.0. The van der Waals surface area contributed by atoms with E-state index in [0.29, 0.717) is 12.8 Å². The van der Waals surface area contributed by atoms with Gasteiger partial charge >= 0.3 is 5.97 Å². The van der Waals surface area contributed by atoms with Gasteiger partial charge in [-0.3, -0.25) is 14.4 Å². The summed E-state index contributed by atoms with van der Waals surface area (Å²) in [6.07, 6.45) is 1.18. The molecule has 28 heavy (non-hydrogen) atoms. The van der Waals surface area contributed by atoms with Gasteiger partial charge in [-0.25, -0.2) is 4.79 Å². The molecule has 5 atom stereocenters. The Morgan fingerprint density at radius 3 is 1.61 bits per heavy atom. The lowest BCUT2D eigenvalue weighted by atomic mass is 9.94. The summed E-state index contributed by atoms with van der Waals surface area (Å²) in [4.78, 5) is 48.6. The van der Waals surface area contributed by atoms with Crippen molar-refractivity contribution in [2.24, 2.45) is 23.5 Å². The molecule has 0 spiro atoms. The lowest BCUT2D eigenvalue weighted by Crippen LogP contribution is -2.59. The standard InChI is InChI=1S/C19H36N4O5/c1-7-11(5)15(18(26)23-16(19(27)28)12(6)8-2)22-17(25)14(10(3)4)21-13(24)9-20/h10-12,14-16H,7-9,20H2,1-6H3,(H,21,24)(H,22,25)(H,23,26)(H,27,28). The van der Waals surface area contributed by atoms with E-state index in [4.69, 9.17) is 5.73 Å². The summed E-state index contributed by atoms with van der Waals surface area (Å²) in [7, 11) is 0. The van der Waals surface area contributed by atoms with Crippen molar-refractivity contribution in [3.05, 3.63) is 0 Å². The number of hydrogen-bond donors (Lipinski definition) is 5. The number of amides is 3. The summed E-state index contributed by atoms with van der Waals surface area (Å²) < 4.78 is 0. The molecule has 162 valence electrons. The number of carbonyl (C=O) groups is 4. The number of carboxylic acids is 1. The molecule has 6 N–H and O–H groups in total. The summed E-state index contributed by atoms with van der Waals surface area (Å²) in [5, 5.41) is 17.2. The summed E-state index contributed by atoms with van der Waals surface area (Å²) in [5.41, 5.74) is 5.30. The molecule has 0 radical (unpaired) electrons. The summed E-state index contributed by atoms with van der Waals surface area (Å²) in [6.45, 7) is 10.5. The van der Waals surface area contributed by atoms with Crippen molar-refractivity contribution in [2.45, 2.75) is 72.5 Å². The maximum Gasteiger partial charge on any atom is 0.326 e. The Kier molecular flexibility index (Phi) is 11.4. The zero-order valence-corrected chi connectivity index (χ0v) is 17.7. The largest absolute Gasteiger partial charge is 0.480 e. The van der Waals surface area contributed by atoms with Crippen molar-refractivity contribution in [3.8, 4) is 0 Å². The van der Waals surface area contributed by atoms with Crippen LogP contribution in [0.3, 0.4) is 0 Å². The normalized spacial score (nSPS) is 16.4. The minimum atomic E-state index is -1.12. The first kappa shape index (κ1) is 25.8. The molecule has 0 aliphatic carbocycles. The van der Waals surface area contributed by atoms with Crippen molar-refractivity contribution in [1.29, 1.82) is 0 Å². The van der Waals surface area contributed by atoms with Gasteiger partial charge in [-0.05, 0) is 17.8 Å². The summed E-state index contributed by atoms with van der Waals surface area (Å²) in [5.74, 6) is -3.36. The second-order valence-corrected chi connectivity index (χ2v) is 7.58. The molecule has 0 fully saturated rings. The highest BCUT2D eigenvalue weighted by molar-refractivity contribution is 5.93. The van der Waals surface area contributed by atoms with E-state index in [9.17, 15) is 24.3 Å². The lowest BCUT2D eigenvalue weighted by molar-refractivity contribution is -0.144. The molecule has 0 saturated heterocycles. The fraction of sp³-hybridized carbons (Fsp3) is 0.789. The van der Waals surface area contributed by atoms with Crippen molar-refractivity contribution < 1.29 is 24.3 Å². The van der Waals surface area contributed by atoms with E-state index in [2.05, 4.69) is 16.0 Å². The highest BCUT2D eigenvalue weighted by Gasteiger charge is 2.34. The van der Waals surface area contributed by atoms with Crippen molar-refractivity contribution in [3.63, 3.8) is 0 Å². The Labute approximate surface area is 167 Å². The van der Waals surface area contributed by atoms with Crippen molar-refractivity contribution in [2.75, 3.05) is 6.54 Å². The van der Waals surface area contributed by atoms with E-state index < -0.39 is 41.8 Å². The van der Waals surface area contributed by atoms with Crippen LogP contribution in [-0.2, 0) is 19.2 Å². The van der Waals surface area contributed by atoms with Gasteiger partial charge in [0.05, 0.1) is 6.54 Å². The highest BCUT2D eigenvalue weighted by Crippen LogP contribution is 2.13. The molecule has 0 aliphatic heterocycles. The third-order valence-electron chi connectivity index (χ3n) is 5.02. The molecule has 0 aromatic carbocycles. The highest BCUT2D eigenvalue weighted by atomic mass is 16.4. The Morgan fingerprint density at radius 1 is 0.786 bits per heavy atom. The number of carboxylic acid groups (broad SMARTS) is 1. The van der Waals surface area contributed by atoms with E-state index in [1.165, 1.54) is 0 Å². The van der Waals surface area contributed by atoms with Crippen LogP contribution in [0.15, 0.2) is 0 Å². The van der Waals surface area contributed by atoms with Crippen LogP contribution >= 0.6 is 0 Å². The van der Waals surface area contributed by atoms with Gasteiger partial charge < -0.3 is 26.8 Å². The predicted molar refractivity (Wildman–Crippen MR) is 106 cm³/mol. The molecule has 0 bridgehead atoms. The average Bonchev–Trinajstić information content (AvgIpc) is 2.65. The molecule has 0 heterocycles. The van der Waals surface area contributed by atoms with Crippen LogP contribution in [0.25, 0.3) is 0 Å². The van der Waals surface area contributed by atoms with Gasteiger partial charge in [0, 0.05) is 0 Å². The number of aliphatic carboxylic acids is 1. The van der Waals surface area contributed by atoms with E-state index in [1.807, 2.05) is 13.8 Å². The van der Waals surface area contributed by atoms with Gasteiger partial charge in [-0.1, -0.05) is 54.4 Å². The molecule has 0 aromatic heterocycles. The Balaban J connectivity index is 5.45. The smallest absolute Gasteiger partial charge is 0.326 e. The number of nitrogens with one attached hydrogen (secondary N) is 3. The summed E-state index contributed by atoms with van der Waals surface area (Å²) in [6, 6.07) is -2.81. The molecule has 0 saturated carbocycles. The molecule has 9 nitrogen and oxygen atoms in total. The predicted octanol–water partition coefficient (Wildman–Crippen LogP) is 0.232. The molecule has 9 heteroatoms. The average molecular weight is 401 g/mol. The third kappa shape index (κ3) is 7.84. The molecule has 0 aromatic rings. The monoisotopic (exact) mass is 400 g/mol. The number of carbonyl (C=O) groups excluding carboxylic acids is 3. The van der Waals surface area contributed by atoms with Crippen molar-refractivity contribution >= 4 is 23.7 Å².